The molecule has 0 saturated heterocycles. The molecule has 1 amide bonds. The molecule has 0 N–H and O–H groups in total. The molecule has 4 rings (SSSR count). The van der Waals surface area contributed by atoms with E-state index in [9.17, 15) is 4.79 Å². The van der Waals surface area contributed by atoms with E-state index < -0.39 is 0 Å². The molecule has 0 bridgehead atoms. The monoisotopic (exact) mass is 390 g/mol. The highest BCUT2D eigenvalue weighted by Gasteiger charge is 2.21. The van der Waals surface area contributed by atoms with Gasteiger partial charge in [0.1, 0.15) is 5.75 Å². The number of aliphatic imine (C=N–C) groups is 1. The molecule has 0 unspecified atom stereocenters. The fourth-order valence-electron chi connectivity index (χ4n) is 3.40. The summed E-state index contributed by atoms with van der Waals surface area (Å²) in [6.07, 6.45) is 1.90. The minimum atomic E-state index is 0.00431. The number of thiophene rings is 1. The molecule has 0 radical (unpaired) electrons. The number of fused-ring (bicyclic) bond motifs is 1. The number of hydrogen-bond acceptors (Lipinski definition) is 4. The number of ether oxygens (including phenoxy) is 1. The number of carbonyl (C=O) groups excluding carboxylic acids is 1. The maximum atomic E-state index is 13.1. The number of amides is 1. The van der Waals surface area contributed by atoms with Crippen molar-refractivity contribution in [1.29, 1.82) is 0 Å². The average Bonchev–Trinajstić information content (AvgIpc) is 3.36. The van der Waals surface area contributed by atoms with Gasteiger partial charge in [-0.15, -0.1) is 11.3 Å². The summed E-state index contributed by atoms with van der Waals surface area (Å²) in [5, 5.41) is 0. The zero-order valence-electron chi connectivity index (χ0n) is 16.0. The van der Waals surface area contributed by atoms with Crippen LogP contribution in [-0.4, -0.2) is 30.7 Å². The Morgan fingerprint density at radius 2 is 2.00 bits per heavy atom. The molecule has 5 heteroatoms. The molecule has 0 saturated carbocycles. The summed E-state index contributed by atoms with van der Waals surface area (Å²) < 4.78 is 5.80. The Bertz CT molecular complexity index is 1020. The highest BCUT2D eigenvalue weighted by Crippen LogP contribution is 2.39. The van der Waals surface area contributed by atoms with E-state index in [1.807, 2.05) is 62.7 Å². The van der Waals surface area contributed by atoms with Gasteiger partial charge in [0, 0.05) is 25.9 Å². The van der Waals surface area contributed by atoms with Crippen LogP contribution < -0.4 is 4.74 Å². The minimum absolute atomic E-state index is 0.00431. The first-order chi connectivity index (χ1) is 13.7. The van der Waals surface area contributed by atoms with E-state index in [-0.39, 0.29) is 5.91 Å². The number of hydrogen-bond donors (Lipinski definition) is 0. The van der Waals surface area contributed by atoms with E-state index >= 15 is 0 Å². The Morgan fingerprint density at radius 1 is 1.18 bits per heavy atom. The molecule has 0 atom stereocenters. The number of rotatable bonds is 6. The molecule has 3 aromatic rings. The van der Waals surface area contributed by atoms with E-state index in [0.717, 1.165) is 27.3 Å². The molecule has 1 aliphatic heterocycles. The first-order valence-corrected chi connectivity index (χ1v) is 10.2. The van der Waals surface area contributed by atoms with Gasteiger partial charge in [-0.25, -0.2) is 0 Å². The molecular formula is C23H22N2O2S. The number of benzene rings is 2. The molecule has 2 aromatic carbocycles. The lowest BCUT2D eigenvalue weighted by molar-refractivity contribution is 0.0789. The quantitative estimate of drug-likeness (QED) is 0.593. The van der Waals surface area contributed by atoms with Crippen molar-refractivity contribution in [3.05, 3.63) is 76.2 Å². The van der Waals surface area contributed by atoms with Gasteiger partial charge in [0.2, 0.25) is 0 Å². The van der Waals surface area contributed by atoms with Gasteiger partial charge >= 0.3 is 0 Å². The zero-order chi connectivity index (χ0) is 19.5. The van der Waals surface area contributed by atoms with Gasteiger partial charge in [-0.3, -0.25) is 9.79 Å². The maximum Gasteiger partial charge on any atom is 0.264 e. The van der Waals surface area contributed by atoms with Crippen molar-refractivity contribution in [2.75, 3.05) is 13.7 Å². The van der Waals surface area contributed by atoms with Gasteiger partial charge in [0.05, 0.1) is 22.9 Å². The highest BCUT2D eigenvalue weighted by atomic mass is 32.1. The van der Waals surface area contributed by atoms with Gasteiger partial charge in [-0.05, 0) is 29.2 Å². The van der Waals surface area contributed by atoms with Crippen LogP contribution in [0.3, 0.4) is 0 Å². The lowest BCUT2D eigenvalue weighted by Crippen LogP contribution is -2.26. The standard InChI is InChI=1S/C23H22N2O2S/c1-3-27-20-12-21(28-22(20)16-8-5-4-6-9-16)23(26)25(2)15-18-11-7-10-17-13-24-14-19(17)18/h4-13H,3,14-15H2,1-2H3. The fourth-order valence-corrected chi connectivity index (χ4v) is 4.50. The van der Waals surface area contributed by atoms with Crippen LogP contribution in [-0.2, 0) is 13.1 Å². The Labute approximate surface area is 169 Å². The Kier molecular flexibility index (Phi) is 5.26. The third-order valence-electron chi connectivity index (χ3n) is 4.79. The van der Waals surface area contributed by atoms with Crippen LogP contribution >= 0.6 is 11.3 Å². The van der Waals surface area contributed by atoms with E-state index in [1.54, 1.807) is 4.90 Å². The van der Waals surface area contributed by atoms with Crippen molar-refractivity contribution in [3.8, 4) is 16.2 Å². The predicted octanol–water partition coefficient (Wildman–Crippen LogP) is 5.02. The number of carbonyl (C=O) groups is 1. The summed E-state index contributed by atoms with van der Waals surface area (Å²) in [6.45, 7) is 3.78. The van der Waals surface area contributed by atoms with Crippen molar-refractivity contribution in [2.24, 2.45) is 4.99 Å². The first kappa shape index (κ1) is 18.4. The molecule has 4 nitrogen and oxygen atoms in total. The molecular weight excluding hydrogens is 368 g/mol. The lowest BCUT2D eigenvalue weighted by Gasteiger charge is -2.18. The molecule has 0 spiro atoms. The summed E-state index contributed by atoms with van der Waals surface area (Å²) >= 11 is 1.48. The topological polar surface area (TPSA) is 41.9 Å². The smallest absolute Gasteiger partial charge is 0.264 e. The Morgan fingerprint density at radius 3 is 2.79 bits per heavy atom. The molecule has 142 valence electrons. The third-order valence-corrected chi connectivity index (χ3v) is 5.94. The van der Waals surface area contributed by atoms with Gasteiger partial charge in [0.25, 0.3) is 5.91 Å². The second-order valence-corrected chi connectivity index (χ2v) is 7.77. The predicted molar refractivity (Wildman–Crippen MR) is 114 cm³/mol. The van der Waals surface area contributed by atoms with Gasteiger partial charge in [-0.2, -0.15) is 0 Å². The highest BCUT2D eigenvalue weighted by molar-refractivity contribution is 7.17. The Hall–Kier alpha value is -2.92. The molecule has 1 aromatic heterocycles. The van der Waals surface area contributed by atoms with Crippen LogP contribution in [0.1, 0.15) is 33.3 Å². The molecule has 0 fully saturated rings. The second-order valence-electron chi connectivity index (χ2n) is 6.72. The molecule has 1 aliphatic rings. The van der Waals surface area contributed by atoms with Crippen molar-refractivity contribution in [3.63, 3.8) is 0 Å². The van der Waals surface area contributed by atoms with Gasteiger partial charge in [-0.1, -0.05) is 48.5 Å². The van der Waals surface area contributed by atoms with Crippen LogP contribution in [0.5, 0.6) is 5.75 Å². The summed E-state index contributed by atoms with van der Waals surface area (Å²) in [4.78, 5) is 20.9. The van der Waals surface area contributed by atoms with E-state index in [1.165, 1.54) is 16.9 Å². The van der Waals surface area contributed by atoms with Crippen molar-refractivity contribution in [2.45, 2.75) is 20.0 Å². The SMILES string of the molecule is CCOc1cc(C(=O)N(C)Cc2cccc3c2CN=C3)sc1-c1ccccc1. The zero-order valence-corrected chi connectivity index (χ0v) is 16.8. The summed E-state index contributed by atoms with van der Waals surface area (Å²) in [5.41, 5.74) is 4.58. The normalized spacial score (nSPS) is 12.1. The average molecular weight is 391 g/mol. The van der Waals surface area contributed by atoms with Crippen LogP contribution in [0.15, 0.2) is 59.6 Å². The van der Waals surface area contributed by atoms with Gasteiger partial charge < -0.3 is 9.64 Å². The Balaban J connectivity index is 1.59. The summed E-state index contributed by atoms with van der Waals surface area (Å²) in [5.74, 6) is 0.772. The van der Waals surface area contributed by atoms with Crippen LogP contribution in [0.25, 0.3) is 10.4 Å². The number of nitrogens with zero attached hydrogens (tertiary/aromatic N) is 2. The van der Waals surface area contributed by atoms with Crippen molar-refractivity contribution in [1.82, 2.24) is 4.90 Å². The van der Waals surface area contributed by atoms with E-state index in [2.05, 4.69) is 17.1 Å². The van der Waals surface area contributed by atoms with E-state index in [4.69, 9.17) is 4.74 Å². The van der Waals surface area contributed by atoms with Gasteiger partial charge in [0.15, 0.2) is 0 Å². The maximum absolute atomic E-state index is 13.1. The fraction of sp³-hybridized carbons (Fsp3) is 0.217. The molecule has 28 heavy (non-hydrogen) atoms. The van der Waals surface area contributed by atoms with Crippen LogP contribution in [0.2, 0.25) is 0 Å². The van der Waals surface area contributed by atoms with Crippen LogP contribution in [0.4, 0.5) is 0 Å². The third kappa shape index (κ3) is 3.58. The van der Waals surface area contributed by atoms with Crippen LogP contribution in [0, 0.1) is 0 Å². The van der Waals surface area contributed by atoms with E-state index in [0.29, 0.717) is 24.6 Å². The summed E-state index contributed by atoms with van der Waals surface area (Å²) in [7, 11) is 1.85. The second kappa shape index (κ2) is 7.98. The van der Waals surface area contributed by atoms with Crippen molar-refractivity contribution >= 4 is 23.5 Å². The molecule has 0 aliphatic carbocycles. The lowest BCUT2D eigenvalue weighted by atomic mass is 10.0. The first-order valence-electron chi connectivity index (χ1n) is 9.35. The summed E-state index contributed by atoms with van der Waals surface area (Å²) in [6, 6.07) is 18.1. The van der Waals surface area contributed by atoms with Crippen molar-refractivity contribution < 1.29 is 9.53 Å². The molecule has 2 heterocycles. The largest absolute Gasteiger partial charge is 0.492 e. The minimum Gasteiger partial charge on any atom is -0.492 e.